The molecule has 0 saturated carbocycles. The van der Waals surface area contributed by atoms with Gasteiger partial charge in [0.15, 0.2) is 5.16 Å². The van der Waals surface area contributed by atoms with Gasteiger partial charge in [-0.15, -0.1) is 0 Å². The summed E-state index contributed by atoms with van der Waals surface area (Å²) in [5, 5.41) is 11.6. The average molecular weight is 354 g/mol. The van der Waals surface area contributed by atoms with E-state index in [4.69, 9.17) is 0 Å². The molecule has 1 aromatic heterocycles. The maximum Gasteiger partial charge on any atom is 0.283 e. The van der Waals surface area contributed by atoms with Crippen LogP contribution >= 0.6 is 27.7 Å². The van der Waals surface area contributed by atoms with Crippen molar-refractivity contribution in [2.24, 2.45) is 0 Å². The van der Waals surface area contributed by atoms with Crippen molar-refractivity contribution in [3.63, 3.8) is 0 Å². The van der Waals surface area contributed by atoms with Crippen LogP contribution in [0.1, 0.15) is 17.0 Å². The maximum atomic E-state index is 10.9. The number of thioether (sulfide) groups is 1. The Labute approximate surface area is 129 Å². The fraction of sp³-hybridized carbons (Fsp3) is 0.231. The molecule has 0 radical (unpaired) electrons. The molecule has 0 fully saturated rings. The standard InChI is InChI=1S/C13H12BrN3O2S/c1-8-6-9(2)16-13(15-8)20-7-10-4-3-5-11(12(10)14)17(18)19/h3-6H,7H2,1-2H3. The Hall–Kier alpha value is -1.47. The molecule has 0 amide bonds. The summed E-state index contributed by atoms with van der Waals surface area (Å²) in [4.78, 5) is 19.2. The van der Waals surface area contributed by atoms with Crippen molar-refractivity contribution in [2.75, 3.05) is 0 Å². The normalized spacial score (nSPS) is 10.6. The zero-order valence-electron chi connectivity index (χ0n) is 11.0. The second-order valence-corrected chi connectivity index (χ2v) is 5.96. The quantitative estimate of drug-likeness (QED) is 0.358. The summed E-state index contributed by atoms with van der Waals surface area (Å²) in [5.41, 5.74) is 2.76. The van der Waals surface area contributed by atoms with Crippen LogP contribution in [0.2, 0.25) is 0 Å². The highest BCUT2D eigenvalue weighted by Gasteiger charge is 2.15. The van der Waals surface area contributed by atoms with E-state index in [1.807, 2.05) is 26.0 Å². The number of halogens is 1. The molecule has 0 spiro atoms. The molecule has 0 saturated heterocycles. The third kappa shape index (κ3) is 3.55. The number of aromatic nitrogens is 2. The van der Waals surface area contributed by atoms with Gasteiger partial charge in [0.2, 0.25) is 0 Å². The highest BCUT2D eigenvalue weighted by atomic mass is 79.9. The lowest BCUT2D eigenvalue weighted by atomic mass is 10.2. The molecule has 1 heterocycles. The van der Waals surface area contributed by atoms with Crippen LogP contribution < -0.4 is 0 Å². The summed E-state index contributed by atoms with van der Waals surface area (Å²) < 4.78 is 0.516. The zero-order chi connectivity index (χ0) is 14.7. The van der Waals surface area contributed by atoms with E-state index in [1.54, 1.807) is 6.07 Å². The van der Waals surface area contributed by atoms with Gasteiger partial charge in [-0.1, -0.05) is 23.9 Å². The molecule has 0 atom stereocenters. The van der Waals surface area contributed by atoms with E-state index < -0.39 is 4.92 Å². The minimum Gasteiger partial charge on any atom is -0.258 e. The minimum atomic E-state index is -0.397. The lowest BCUT2D eigenvalue weighted by Gasteiger charge is -2.05. The molecule has 0 bridgehead atoms. The zero-order valence-corrected chi connectivity index (χ0v) is 13.4. The maximum absolute atomic E-state index is 10.9. The Kier molecular flexibility index (Phi) is 4.72. The number of nitrogens with zero attached hydrogens (tertiary/aromatic N) is 3. The van der Waals surface area contributed by atoms with E-state index in [9.17, 15) is 10.1 Å². The summed E-state index contributed by atoms with van der Waals surface area (Å²) >= 11 is 4.75. The van der Waals surface area contributed by atoms with Gasteiger partial charge >= 0.3 is 0 Å². The van der Waals surface area contributed by atoms with E-state index in [2.05, 4.69) is 25.9 Å². The molecule has 0 aliphatic rings. The van der Waals surface area contributed by atoms with Crippen LogP contribution in [0.5, 0.6) is 0 Å². The lowest BCUT2D eigenvalue weighted by Crippen LogP contribution is -1.95. The monoisotopic (exact) mass is 353 g/mol. The predicted octanol–water partition coefficient (Wildman–Crippen LogP) is 4.06. The third-order valence-corrected chi connectivity index (χ3v) is 4.39. The predicted molar refractivity (Wildman–Crippen MR) is 81.9 cm³/mol. The number of nitro groups is 1. The number of aryl methyl sites for hydroxylation is 2. The Morgan fingerprint density at radius 1 is 1.30 bits per heavy atom. The van der Waals surface area contributed by atoms with Crippen molar-refractivity contribution in [3.05, 3.63) is 55.8 Å². The molecular formula is C13H12BrN3O2S. The molecule has 2 rings (SSSR count). The molecule has 0 aliphatic carbocycles. The summed E-state index contributed by atoms with van der Waals surface area (Å²) in [6, 6.07) is 6.92. The molecule has 104 valence electrons. The van der Waals surface area contributed by atoms with Crippen molar-refractivity contribution >= 4 is 33.4 Å². The largest absolute Gasteiger partial charge is 0.283 e. The number of hydrogen-bond acceptors (Lipinski definition) is 5. The van der Waals surface area contributed by atoms with Crippen LogP contribution in [0.15, 0.2) is 33.9 Å². The first-order chi connectivity index (χ1) is 9.47. The molecule has 2 aromatic rings. The van der Waals surface area contributed by atoms with E-state index in [0.29, 0.717) is 15.4 Å². The first-order valence-electron chi connectivity index (χ1n) is 5.84. The minimum absolute atomic E-state index is 0.0736. The first kappa shape index (κ1) is 14.9. The van der Waals surface area contributed by atoms with Crippen molar-refractivity contribution in [1.29, 1.82) is 0 Å². The van der Waals surface area contributed by atoms with E-state index in [0.717, 1.165) is 17.0 Å². The van der Waals surface area contributed by atoms with Crippen LogP contribution in [0.4, 0.5) is 5.69 Å². The lowest BCUT2D eigenvalue weighted by molar-refractivity contribution is -0.385. The number of rotatable bonds is 4. The Morgan fingerprint density at radius 3 is 2.55 bits per heavy atom. The smallest absolute Gasteiger partial charge is 0.258 e. The highest BCUT2D eigenvalue weighted by Crippen LogP contribution is 2.31. The van der Waals surface area contributed by atoms with Gasteiger partial charge in [0.05, 0.1) is 9.40 Å². The van der Waals surface area contributed by atoms with Gasteiger partial charge in [-0.3, -0.25) is 10.1 Å². The van der Waals surface area contributed by atoms with Gasteiger partial charge in [-0.25, -0.2) is 9.97 Å². The average Bonchev–Trinajstić information content (AvgIpc) is 2.36. The molecule has 7 heteroatoms. The molecular weight excluding hydrogens is 342 g/mol. The van der Waals surface area contributed by atoms with Crippen LogP contribution in [-0.4, -0.2) is 14.9 Å². The molecule has 0 aliphatic heterocycles. The van der Waals surface area contributed by atoms with Crippen LogP contribution in [0.25, 0.3) is 0 Å². The summed E-state index contributed by atoms with van der Waals surface area (Å²) in [6.45, 7) is 3.84. The first-order valence-corrected chi connectivity index (χ1v) is 7.62. The van der Waals surface area contributed by atoms with Crippen LogP contribution in [-0.2, 0) is 5.75 Å². The summed E-state index contributed by atoms with van der Waals surface area (Å²) in [6.07, 6.45) is 0. The summed E-state index contributed by atoms with van der Waals surface area (Å²) in [7, 11) is 0. The van der Waals surface area contributed by atoms with Gasteiger partial charge in [-0.05, 0) is 41.4 Å². The topological polar surface area (TPSA) is 68.9 Å². The van der Waals surface area contributed by atoms with Gasteiger partial charge in [0, 0.05) is 23.2 Å². The van der Waals surface area contributed by atoms with Crippen molar-refractivity contribution < 1.29 is 4.92 Å². The van der Waals surface area contributed by atoms with Crippen molar-refractivity contribution in [1.82, 2.24) is 9.97 Å². The molecule has 1 aromatic carbocycles. The van der Waals surface area contributed by atoms with Crippen molar-refractivity contribution in [2.45, 2.75) is 24.8 Å². The Morgan fingerprint density at radius 2 is 1.95 bits per heavy atom. The second kappa shape index (κ2) is 6.32. The number of benzene rings is 1. The summed E-state index contributed by atoms with van der Waals surface area (Å²) in [5.74, 6) is 0.575. The van der Waals surface area contributed by atoms with Gasteiger partial charge in [-0.2, -0.15) is 0 Å². The van der Waals surface area contributed by atoms with Crippen LogP contribution in [0.3, 0.4) is 0 Å². The Balaban J connectivity index is 2.19. The van der Waals surface area contributed by atoms with E-state index >= 15 is 0 Å². The second-order valence-electron chi connectivity index (χ2n) is 4.23. The molecule has 0 unspecified atom stereocenters. The third-order valence-electron chi connectivity index (χ3n) is 2.57. The molecule has 0 N–H and O–H groups in total. The van der Waals surface area contributed by atoms with Crippen molar-refractivity contribution in [3.8, 4) is 0 Å². The van der Waals surface area contributed by atoms with Gasteiger partial charge < -0.3 is 0 Å². The fourth-order valence-electron chi connectivity index (χ4n) is 1.72. The fourth-order valence-corrected chi connectivity index (χ4v) is 3.40. The van der Waals surface area contributed by atoms with E-state index in [-0.39, 0.29) is 5.69 Å². The van der Waals surface area contributed by atoms with Crippen LogP contribution in [0, 0.1) is 24.0 Å². The molecule has 20 heavy (non-hydrogen) atoms. The molecule has 5 nitrogen and oxygen atoms in total. The van der Waals surface area contributed by atoms with E-state index in [1.165, 1.54) is 17.8 Å². The highest BCUT2D eigenvalue weighted by molar-refractivity contribution is 9.10. The Bertz CT molecular complexity index is 644. The number of hydrogen-bond donors (Lipinski definition) is 0. The number of nitro benzene ring substituents is 1. The van der Waals surface area contributed by atoms with Gasteiger partial charge in [0.25, 0.3) is 5.69 Å². The SMILES string of the molecule is Cc1cc(C)nc(SCc2cccc([N+](=O)[O-])c2Br)n1. The van der Waals surface area contributed by atoms with Gasteiger partial charge in [0.1, 0.15) is 0 Å².